The number of rotatable bonds is 8. The van der Waals surface area contributed by atoms with Crippen molar-refractivity contribution in [3.8, 4) is 0 Å². The summed E-state index contributed by atoms with van der Waals surface area (Å²) in [4.78, 5) is 50.7. The van der Waals surface area contributed by atoms with Crippen molar-refractivity contribution >= 4 is 40.8 Å². The van der Waals surface area contributed by atoms with Gasteiger partial charge in [-0.25, -0.2) is 0 Å². The van der Waals surface area contributed by atoms with Crippen LogP contribution in [0.15, 0.2) is 41.3 Å². The zero-order valence-electron chi connectivity index (χ0n) is 19.0. The number of benzene rings is 1. The fourth-order valence-corrected chi connectivity index (χ4v) is 3.86. The third kappa shape index (κ3) is 5.57. The molecule has 0 saturated carbocycles. The van der Waals surface area contributed by atoms with Crippen molar-refractivity contribution in [1.29, 1.82) is 0 Å². The third-order valence-electron chi connectivity index (χ3n) is 5.31. The summed E-state index contributed by atoms with van der Waals surface area (Å²) in [6, 6.07) is 5.80. The minimum Gasteiger partial charge on any atom is -0.433 e. The number of nitrogen functional groups attached to an aromatic ring is 1. The van der Waals surface area contributed by atoms with Gasteiger partial charge in [0.15, 0.2) is 0 Å². The van der Waals surface area contributed by atoms with Crippen LogP contribution in [-0.2, 0) is 19.1 Å². The first-order valence-corrected chi connectivity index (χ1v) is 11.2. The first-order chi connectivity index (χ1) is 16.1. The Labute approximate surface area is 201 Å². The highest BCUT2D eigenvalue weighted by atomic mass is 35.5. The molecule has 0 spiro atoms. The van der Waals surface area contributed by atoms with Crippen molar-refractivity contribution < 1.29 is 23.9 Å². The van der Waals surface area contributed by atoms with Gasteiger partial charge in [-0.05, 0) is 43.2 Å². The lowest BCUT2D eigenvalue weighted by molar-refractivity contribution is -0.164. The Morgan fingerprint density at radius 3 is 2.68 bits per heavy atom. The monoisotopic (exact) mass is 490 g/mol. The van der Waals surface area contributed by atoms with E-state index in [1.54, 1.807) is 26.8 Å². The number of amides is 2. The number of nitrogens with one attached hydrogen (secondary N) is 2. The Hall–Kier alpha value is -3.37. The zero-order chi connectivity index (χ0) is 25.0. The highest BCUT2D eigenvalue weighted by Crippen LogP contribution is 2.22. The van der Waals surface area contributed by atoms with Crippen molar-refractivity contribution in [3.63, 3.8) is 0 Å². The number of ether oxygens (including phenoxy) is 2. The van der Waals surface area contributed by atoms with Crippen LogP contribution in [-0.4, -0.2) is 41.3 Å². The van der Waals surface area contributed by atoms with Gasteiger partial charge >= 0.3 is 5.97 Å². The molecule has 0 bridgehead atoms. The van der Waals surface area contributed by atoms with Crippen LogP contribution in [0.1, 0.15) is 43.6 Å². The van der Waals surface area contributed by atoms with Crippen molar-refractivity contribution in [2.24, 2.45) is 5.92 Å². The van der Waals surface area contributed by atoms with E-state index in [1.807, 2.05) is 0 Å². The maximum absolute atomic E-state index is 13.2. The number of carbonyl (C=O) groups is 3. The molecule has 1 fully saturated rings. The molecule has 10 nitrogen and oxygen atoms in total. The van der Waals surface area contributed by atoms with E-state index in [-0.39, 0.29) is 28.6 Å². The number of anilines is 2. The molecule has 0 aliphatic carbocycles. The molecular weight excluding hydrogens is 464 g/mol. The molecule has 3 rings (SSSR count). The van der Waals surface area contributed by atoms with E-state index in [0.717, 1.165) is 0 Å². The standard InChI is InChI=1S/C23H27ClN4O6/c1-4-33-23-17(11-18(29)34-23)27-21(31)19(12(2)3)28-9-5-6-16(22(28)32)26-20(30)13-7-8-15(25)14(24)10-13/h5-10,12,17,19,23H,4,11,25H2,1-3H3,(H,26,30)(H,27,31). The number of pyridine rings is 1. The molecule has 4 N–H and O–H groups in total. The van der Waals surface area contributed by atoms with Gasteiger partial charge in [0.25, 0.3) is 11.5 Å². The Kier molecular flexibility index (Phi) is 7.95. The van der Waals surface area contributed by atoms with E-state index in [9.17, 15) is 19.2 Å². The summed E-state index contributed by atoms with van der Waals surface area (Å²) in [5.74, 6) is -1.79. The van der Waals surface area contributed by atoms with Gasteiger partial charge in [0.05, 0.1) is 17.1 Å². The first-order valence-electron chi connectivity index (χ1n) is 10.8. The third-order valence-corrected chi connectivity index (χ3v) is 5.63. The van der Waals surface area contributed by atoms with Crippen molar-refractivity contribution in [1.82, 2.24) is 9.88 Å². The predicted molar refractivity (Wildman–Crippen MR) is 126 cm³/mol. The Morgan fingerprint density at radius 2 is 2.03 bits per heavy atom. The predicted octanol–water partition coefficient (Wildman–Crippen LogP) is 2.33. The summed E-state index contributed by atoms with van der Waals surface area (Å²) in [6.07, 6.45) is 0.554. The molecule has 2 aromatic rings. The summed E-state index contributed by atoms with van der Waals surface area (Å²) in [5.41, 5.74) is 5.65. The van der Waals surface area contributed by atoms with Gasteiger partial charge in [-0.1, -0.05) is 25.4 Å². The average Bonchev–Trinajstić information content (AvgIpc) is 3.11. The number of cyclic esters (lactones) is 1. The number of esters is 1. The number of nitrogens with zero attached hydrogens (tertiary/aromatic N) is 1. The molecule has 3 atom stereocenters. The van der Waals surface area contributed by atoms with Gasteiger partial charge in [0.1, 0.15) is 17.8 Å². The quantitative estimate of drug-likeness (QED) is 0.380. The van der Waals surface area contributed by atoms with Gasteiger partial charge in [-0.2, -0.15) is 0 Å². The molecule has 1 aliphatic heterocycles. The smallest absolute Gasteiger partial charge is 0.310 e. The van der Waals surface area contributed by atoms with Crippen molar-refractivity contribution in [2.45, 2.75) is 45.6 Å². The maximum atomic E-state index is 13.2. The molecule has 3 unspecified atom stereocenters. The van der Waals surface area contributed by atoms with Crippen LogP contribution in [0.2, 0.25) is 5.02 Å². The average molecular weight is 491 g/mol. The highest BCUT2D eigenvalue weighted by Gasteiger charge is 2.38. The Morgan fingerprint density at radius 1 is 1.29 bits per heavy atom. The molecule has 1 aromatic carbocycles. The van der Waals surface area contributed by atoms with Crippen LogP contribution < -0.4 is 21.9 Å². The van der Waals surface area contributed by atoms with Gasteiger partial charge in [0, 0.05) is 18.4 Å². The van der Waals surface area contributed by atoms with E-state index in [0.29, 0.717) is 12.3 Å². The van der Waals surface area contributed by atoms with E-state index in [4.69, 9.17) is 26.8 Å². The summed E-state index contributed by atoms with van der Waals surface area (Å²) in [5, 5.41) is 5.54. The van der Waals surface area contributed by atoms with Gasteiger partial charge in [-0.3, -0.25) is 19.2 Å². The summed E-state index contributed by atoms with van der Waals surface area (Å²) >= 11 is 5.98. The molecule has 1 aromatic heterocycles. The first kappa shape index (κ1) is 25.3. The minimum absolute atomic E-state index is 0.00883. The second-order valence-corrected chi connectivity index (χ2v) is 8.55. The number of nitrogens with two attached hydrogens (primary N) is 1. The van der Waals surface area contributed by atoms with Gasteiger partial charge < -0.3 is 30.4 Å². The van der Waals surface area contributed by atoms with E-state index in [2.05, 4.69) is 10.6 Å². The summed E-state index contributed by atoms with van der Waals surface area (Å²) in [6.45, 7) is 5.63. The van der Waals surface area contributed by atoms with Crippen LogP contribution in [0.5, 0.6) is 0 Å². The fraction of sp³-hybridized carbons (Fsp3) is 0.391. The SMILES string of the molecule is CCOC1OC(=O)CC1NC(=O)C(C(C)C)n1cccc(NC(=O)c2ccc(N)c(Cl)c2)c1=O. The lowest BCUT2D eigenvalue weighted by atomic mass is 10.0. The summed E-state index contributed by atoms with van der Waals surface area (Å²) in [7, 11) is 0. The number of carbonyl (C=O) groups excluding carboxylic acids is 3. The fourth-order valence-electron chi connectivity index (χ4n) is 3.67. The molecule has 2 heterocycles. The maximum Gasteiger partial charge on any atom is 0.310 e. The zero-order valence-corrected chi connectivity index (χ0v) is 19.8. The normalized spacial score (nSPS) is 18.4. The molecule has 0 radical (unpaired) electrons. The molecule has 34 heavy (non-hydrogen) atoms. The Bertz CT molecular complexity index is 1150. The van der Waals surface area contributed by atoms with Gasteiger partial charge in [0.2, 0.25) is 12.2 Å². The molecule has 1 saturated heterocycles. The molecule has 1 aliphatic rings. The lowest BCUT2D eigenvalue weighted by Gasteiger charge is -2.26. The van der Waals surface area contributed by atoms with Crippen LogP contribution in [0.25, 0.3) is 0 Å². The second kappa shape index (κ2) is 10.7. The van der Waals surface area contributed by atoms with E-state index in [1.165, 1.54) is 35.0 Å². The highest BCUT2D eigenvalue weighted by molar-refractivity contribution is 6.33. The number of hydrogen-bond donors (Lipinski definition) is 3. The van der Waals surface area contributed by atoms with Crippen LogP contribution >= 0.6 is 11.6 Å². The van der Waals surface area contributed by atoms with Crippen LogP contribution in [0.4, 0.5) is 11.4 Å². The molecule has 11 heteroatoms. The molecule has 2 amide bonds. The second-order valence-electron chi connectivity index (χ2n) is 8.15. The largest absolute Gasteiger partial charge is 0.433 e. The minimum atomic E-state index is -0.909. The number of halogens is 1. The van der Waals surface area contributed by atoms with Crippen molar-refractivity contribution in [2.75, 3.05) is 17.7 Å². The van der Waals surface area contributed by atoms with E-state index >= 15 is 0 Å². The number of aromatic nitrogens is 1. The Balaban J connectivity index is 1.83. The van der Waals surface area contributed by atoms with Crippen LogP contribution in [0, 0.1) is 5.92 Å². The number of hydrogen-bond acceptors (Lipinski definition) is 7. The summed E-state index contributed by atoms with van der Waals surface area (Å²) < 4.78 is 11.7. The lowest BCUT2D eigenvalue weighted by Crippen LogP contribution is -2.47. The van der Waals surface area contributed by atoms with Crippen LogP contribution in [0.3, 0.4) is 0 Å². The van der Waals surface area contributed by atoms with Gasteiger partial charge in [-0.15, -0.1) is 0 Å². The molecular formula is C23H27ClN4O6. The van der Waals surface area contributed by atoms with Crippen molar-refractivity contribution in [3.05, 3.63) is 57.5 Å². The molecule has 182 valence electrons. The van der Waals surface area contributed by atoms with E-state index < -0.39 is 41.7 Å². The topological polar surface area (TPSA) is 142 Å².